The third kappa shape index (κ3) is 2.24. The predicted octanol–water partition coefficient (Wildman–Crippen LogP) is 2.56. The quantitative estimate of drug-likeness (QED) is 0.934. The van der Waals surface area contributed by atoms with Crippen molar-refractivity contribution in [1.82, 2.24) is 10.2 Å². The molecule has 0 radical (unpaired) electrons. The monoisotopic (exact) mass is 274 g/mol. The highest BCUT2D eigenvalue weighted by atomic mass is 16.5. The lowest BCUT2D eigenvalue weighted by atomic mass is 10.1. The Hall–Kier alpha value is -2.04. The van der Waals surface area contributed by atoms with Gasteiger partial charge >= 0.3 is 0 Å². The molecular formula is C15H18N2O3. The molecule has 1 aliphatic carbocycles. The Morgan fingerprint density at radius 1 is 1.20 bits per heavy atom. The molecule has 1 saturated carbocycles. The SMILES string of the molecule is COc1cc2c(C)n[nH]c(=O)c2cc1OC1CCCC1. The van der Waals surface area contributed by atoms with Crippen LogP contribution in [0, 0.1) is 6.92 Å². The van der Waals surface area contributed by atoms with Gasteiger partial charge in [-0.05, 0) is 44.7 Å². The topological polar surface area (TPSA) is 64.2 Å². The molecule has 0 spiro atoms. The molecule has 1 N–H and O–H groups in total. The molecule has 0 bridgehead atoms. The Bertz CT molecular complexity index is 687. The first-order valence-corrected chi connectivity index (χ1v) is 6.92. The predicted molar refractivity (Wildman–Crippen MR) is 76.5 cm³/mol. The Morgan fingerprint density at radius 3 is 2.60 bits per heavy atom. The van der Waals surface area contributed by atoms with Gasteiger partial charge in [0.15, 0.2) is 11.5 Å². The van der Waals surface area contributed by atoms with Crippen LogP contribution < -0.4 is 15.0 Å². The summed E-state index contributed by atoms with van der Waals surface area (Å²) in [6, 6.07) is 3.59. The second-order valence-electron chi connectivity index (χ2n) is 5.21. The summed E-state index contributed by atoms with van der Waals surface area (Å²) < 4.78 is 11.4. The van der Waals surface area contributed by atoms with Crippen molar-refractivity contribution in [1.29, 1.82) is 0 Å². The number of hydrogen-bond acceptors (Lipinski definition) is 4. The van der Waals surface area contributed by atoms with E-state index in [9.17, 15) is 4.79 Å². The first kappa shape index (κ1) is 13.0. The van der Waals surface area contributed by atoms with Gasteiger partial charge in [0.05, 0.1) is 24.3 Å². The lowest BCUT2D eigenvalue weighted by Gasteiger charge is -2.16. The summed E-state index contributed by atoms with van der Waals surface area (Å²) in [5.74, 6) is 1.29. The second-order valence-corrected chi connectivity index (χ2v) is 5.21. The number of ether oxygens (including phenoxy) is 2. The lowest BCUT2D eigenvalue weighted by molar-refractivity contribution is 0.201. The summed E-state index contributed by atoms with van der Waals surface area (Å²) in [5.41, 5.74) is 0.565. The summed E-state index contributed by atoms with van der Waals surface area (Å²) in [4.78, 5) is 11.9. The standard InChI is InChI=1S/C15H18N2O3/c1-9-11-7-13(19-2)14(20-10-5-3-4-6-10)8-12(11)15(18)17-16-9/h7-8,10H,3-6H2,1-2H3,(H,17,18). The highest BCUT2D eigenvalue weighted by Crippen LogP contribution is 2.34. The highest BCUT2D eigenvalue weighted by molar-refractivity contribution is 5.86. The summed E-state index contributed by atoms with van der Waals surface area (Å²) in [6.45, 7) is 1.86. The molecule has 1 heterocycles. The van der Waals surface area contributed by atoms with Crippen LogP contribution in [-0.2, 0) is 0 Å². The van der Waals surface area contributed by atoms with Crippen molar-refractivity contribution in [3.63, 3.8) is 0 Å². The van der Waals surface area contributed by atoms with Crippen molar-refractivity contribution < 1.29 is 9.47 Å². The third-order valence-corrected chi connectivity index (χ3v) is 3.86. The molecule has 1 aromatic heterocycles. The number of aromatic nitrogens is 2. The van der Waals surface area contributed by atoms with Crippen molar-refractivity contribution in [3.8, 4) is 11.5 Å². The van der Waals surface area contributed by atoms with E-state index in [4.69, 9.17) is 9.47 Å². The number of benzene rings is 1. The zero-order chi connectivity index (χ0) is 14.1. The molecule has 0 unspecified atom stereocenters. The van der Waals surface area contributed by atoms with Crippen LogP contribution in [0.1, 0.15) is 31.4 Å². The summed E-state index contributed by atoms with van der Waals surface area (Å²) >= 11 is 0. The number of hydrogen-bond donors (Lipinski definition) is 1. The van der Waals surface area contributed by atoms with Gasteiger partial charge < -0.3 is 9.47 Å². The summed E-state index contributed by atoms with van der Waals surface area (Å²) in [7, 11) is 1.61. The van der Waals surface area contributed by atoms with E-state index in [0.29, 0.717) is 16.9 Å². The minimum Gasteiger partial charge on any atom is -0.493 e. The van der Waals surface area contributed by atoms with Gasteiger partial charge in [-0.3, -0.25) is 4.79 Å². The largest absolute Gasteiger partial charge is 0.493 e. The van der Waals surface area contributed by atoms with Crippen molar-refractivity contribution in [3.05, 3.63) is 28.2 Å². The second kappa shape index (κ2) is 5.15. The van der Waals surface area contributed by atoms with Crippen molar-refractivity contribution >= 4 is 10.8 Å². The molecule has 0 aliphatic heterocycles. The van der Waals surface area contributed by atoms with Gasteiger partial charge in [-0.15, -0.1) is 0 Å². The van der Waals surface area contributed by atoms with Crippen LogP contribution in [0.25, 0.3) is 10.8 Å². The number of nitrogens with zero attached hydrogens (tertiary/aromatic N) is 1. The maximum Gasteiger partial charge on any atom is 0.272 e. The Morgan fingerprint density at radius 2 is 1.90 bits per heavy atom. The molecule has 0 atom stereocenters. The zero-order valence-electron chi connectivity index (χ0n) is 11.7. The Kier molecular flexibility index (Phi) is 3.34. The fourth-order valence-electron chi connectivity index (χ4n) is 2.74. The fraction of sp³-hybridized carbons (Fsp3) is 0.467. The number of fused-ring (bicyclic) bond motifs is 1. The lowest BCUT2D eigenvalue weighted by Crippen LogP contribution is -2.13. The highest BCUT2D eigenvalue weighted by Gasteiger charge is 2.19. The van der Waals surface area contributed by atoms with E-state index in [0.717, 1.165) is 23.9 Å². The maximum atomic E-state index is 11.9. The van der Waals surface area contributed by atoms with Gasteiger partial charge in [-0.2, -0.15) is 5.10 Å². The van der Waals surface area contributed by atoms with Gasteiger partial charge in [-0.1, -0.05) is 0 Å². The molecule has 1 aliphatic rings. The number of methoxy groups -OCH3 is 1. The number of aryl methyl sites for hydroxylation is 1. The van der Waals surface area contributed by atoms with Gasteiger partial charge in [0.1, 0.15) is 0 Å². The average Bonchev–Trinajstić information content (AvgIpc) is 2.95. The van der Waals surface area contributed by atoms with E-state index in [2.05, 4.69) is 10.2 Å². The normalized spacial score (nSPS) is 15.7. The van der Waals surface area contributed by atoms with Crippen LogP contribution in [0.15, 0.2) is 16.9 Å². The molecule has 0 amide bonds. The average molecular weight is 274 g/mol. The Balaban J connectivity index is 2.10. The Labute approximate surface area is 116 Å². The maximum absolute atomic E-state index is 11.9. The van der Waals surface area contributed by atoms with Crippen molar-refractivity contribution in [2.24, 2.45) is 0 Å². The van der Waals surface area contributed by atoms with Crippen LogP contribution in [0.5, 0.6) is 11.5 Å². The fourth-order valence-corrected chi connectivity index (χ4v) is 2.74. The van der Waals surface area contributed by atoms with E-state index in [1.54, 1.807) is 13.2 Å². The molecule has 3 rings (SSSR count). The molecule has 1 fully saturated rings. The molecule has 0 saturated heterocycles. The number of H-pyrrole nitrogens is 1. The first-order chi connectivity index (χ1) is 9.69. The van der Waals surface area contributed by atoms with Crippen LogP contribution in [0.2, 0.25) is 0 Å². The van der Waals surface area contributed by atoms with E-state index in [-0.39, 0.29) is 11.7 Å². The van der Waals surface area contributed by atoms with Gasteiger partial charge in [0.2, 0.25) is 0 Å². The van der Waals surface area contributed by atoms with Crippen molar-refractivity contribution in [2.75, 3.05) is 7.11 Å². The zero-order valence-corrected chi connectivity index (χ0v) is 11.7. The third-order valence-electron chi connectivity index (χ3n) is 3.86. The minimum absolute atomic E-state index is 0.204. The van der Waals surface area contributed by atoms with Gasteiger partial charge in [0, 0.05) is 5.39 Å². The molecule has 5 nitrogen and oxygen atoms in total. The van der Waals surface area contributed by atoms with Crippen LogP contribution in [0.4, 0.5) is 0 Å². The molecular weight excluding hydrogens is 256 g/mol. The minimum atomic E-state index is -0.204. The van der Waals surface area contributed by atoms with E-state index < -0.39 is 0 Å². The van der Waals surface area contributed by atoms with Crippen molar-refractivity contribution in [2.45, 2.75) is 38.7 Å². The number of nitrogens with one attached hydrogen (secondary N) is 1. The summed E-state index contributed by atoms with van der Waals surface area (Å²) in [5, 5.41) is 7.87. The van der Waals surface area contributed by atoms with Crippen LogP contribution in [-0.4, -0.2) is 23.4 Å². The van der Waals surface area contributed by atoms with Gasteiger partial charge in [0.25, 0.3) is 5.56 Å². The molecule has 2 aromatic rings. The smallest absolute Gasteiger partial charge is 0.272 e. The number of rotatable bonds is 3. The van der Waals surface area contributed by atoms with E-state index in [1.165, 1.54) is 12.8 Å². The van der Waals surface area contributed by atoms with Gasteiger partial charge in [-0.25, -0.2) is 5.10 Å². The molecule has 106 valence electrons. The molecule has 5 heteroatoms. The first-order valence-electron chi connectivity index (χ1n) is 6.92. The summed E-state index contributed by atoms with van der Waals surface area (Å²) in [6.07, 6.45) is 4.75. The molecule has 20 heavy (non-hydrogen) atoms. The van der Waals surface area contributed by atoms with E-state index >= 15 is 0 Å². The van der Waals surface area contributed by atoms with Crippen LogP contribution in [0.3, 0.4) is 0 Å². The van der Waals surface area contributed by atoms with Crippen LogP contribution >= 0.6 is 0 Å². The van der Waals surface area contributed by atoms with E-state index in [1.807, 2.05) is 13.0 Å². The molecule has 1 aromatic carbocycles. The number of aromatic amines is 1.